The van der Waals surface area contributed by atoms with Gasteiger partial charge in [0.25, 0.3) is 0 Å². The lowest BCUT2D eigenvalue weighted by Crippen LogP contribution is -2.35. The van der Waals surface area contributed by atoms with Crippen LogP contribution in [-0.2, 0) is 0 Å². The molecule has 0 atom stereocenters. The van der Waals surface area contributed by atoms with Crippen molar-refractivity contribution >= 4 is 11.8 Å². The van der Waals surface area contributed by atoms with Gasteiger partial charge in [-0.15, -0.1) is 4.98 Å². The van der Waals surface area contributed by atoms with E-state index in [9.17, 15) is 5.21 Å². The van der Waals surface area contributed by atoms with Crippen molar-refractivity contribution in [3.05, 3.63) is 35.8 Å². The Hall–Kier alpha value is -2.37. The van der Waals surface area contributed by atoms with Gasteiger partial charge in [-0.1, -0.05) is 6.07 Å². The maximum absolute atomic E-state index is 11.3. The molecule has 0 unspecified atom stereocenters. The van der Waals surface area contributed by atoms with E-state index in [1.807, 2.05) is 0 Å². The van der Waals surface area contributed by atoms with Gasteiger partial charge in [0.1, 0.15) is 6.20 Å². The molecule has 0 amide bonds. The summed E-state index contributed by atoms with van der Waals surface area (Å²) in [5, 5.41) is 11.3. The number of anilines is 2. The van der Waals surface area contributed by atoms with Crippen LogP contribution in [0.3, 0.4) is 0 Å². The van der Waals surface area contributed by atoms with Crippen LogP contribution in [0.5, 0.6) is 0 Å². The lowest BCUT2D eigenvalue weighted by Gasteiger charge is -2.11. The molecule has 0 radical (unpaired) electrons. The zero-order valence-electron chi connectivity index (χ0n) is 7.79. The van der Waals surface area contributed by atoms with Gasteiger partial charge in [0.15, 0.2) is 0 Å². The van der Waals surface area contributed by atoms with Gasteiger partial charge in [-0.05, 0) is 12.1 Å². The molecule has 0 fully saturated rings. The molecule has 15 heavy (non-hydrogen) atoms. The number of nitrogens with zero attached hydrogens (tertiary/aromatic N) is 3. The Morgan fingerprint density at radius 1 is 1.20 bits per heavy atom. The molecular formula is C9H9N5O. The molecule has 0 aromatic carbocycles. The molecule has 0 aliphatic carbocycles. The summed E-state index contributed by atoms with van der Waals surface area (Å²) >= 11 is 0. The Labute approximate surface area is 85.8 Å². The molecule has 2 heterocycles. The number of nitrogen functional groups attached to an aromatic ring is 2. The Balaban J connectivity index is 2.60. The molecule has 76 valence electrons. The second kappa shape index (κ2) is 3.41. The second-order valence-electron chi connectivity index (χ2n) is 2.92. The van der Waals surface area contributed by atoms with E-state index in [-0.39, 0.29) is 11.8 Å². The zero-order valence-corrected chi connectivity index (χ0v) is 7.79. The number of aromatic nitrogens is 3. The summed E-state index contributed by atoms with van der Waals surface area (Å²) in [5.41, 5.74) is 12.0. The lowest BCUT2D eigenvalue weighted by atomic mass is 10.2. The molecule has 6 nitrogen and oxygen atoms in total. The molecule has 6 heteroatoms. The third-order valence-corrected chi connectivity index (χ3v) is 1.97. The van der Waals surface area contributed by atoms with E-state index in [1.165, 1.54) is 6.20 Å². The second-order valence-corrected chi connectivity index (χ2v) is 2.92. The first-order valence-electron chi connectivity index (χ1n) is 4.25. The van der Waals surface area contributed by atoms with Gasteiger partial charge in [-0.2, -0.15) is 0 Å². The molecule has 0 saturated heterocycles. The van der Waals surface area contributed by atoms with Crippen molar-refractivity contribution in [2.75, 3.05) is 11.5 Å². The average molecular weight is 203 g/mol. The van der Waals surface area contributed by atoms with Crippen LogP contribution >= 0.6 is 0 Å². The molecule has 2 aromatic heterocycles. The van der Waals surface area contributed by atoms with Crippen LogP contribution in [0, 0.1) is 5.21 Å². The first-order valence-corrected chi connectivity index (χ1v) is 4.25. The Bertz CT molecular complexity index is 485. The van der Waals surface area contributed by atoms with E-state index < -0.39 is 0 Å². The van der Waals surface area contributed by atoms with Gasteiger partial charge in [-0.25, -0.2) is 4.73 Å². The van der Waals surface area contributed by atoms with Crippen molar-refractivity contribution in [2.45, 2.75) is 0 Å². The third-order valence-electron chi connectivity index (χ3n) is 1.97. The van der Waals surface area contributed by atoms with Crippen LogP contribution in [0.25, 0.3) is 11.3 Å². The SMILES string of the molecule is Nc1ncc(-c2ccccn2)c(N)[n+]1[O-]. The van der Waals surface area contributed by atoms with Gasteiger partial charge in [-0.3, -0.25) is 4.98 Å². The summed E-state index contributed by atoms with van der Waals surface area (Å²) in [4.78, 5) is 7.79. The monoisotopic (exact) mass is 203 g/mol. The van der Waals surface area contributed by atoms with Crippen molar-refractivity contribution in [3.63, 3.8) is 0 Å². The van der Waals surface area contributed by atoms with Gasteiger partial charge in [0, 0.05) is 6.20 Å². The highest BCUT2D eigenvalue weighted by molar-refractivity contribution is 5.67. The summed E-state index contributed by atoms with van der Waals surface area (Å²) in [6.07, 6.45) is 3.04. The highest BCUT2D eigenvalue weighted by Gasteiger charge is 2.11. The van der Waals surface area contributed by atoms with Crippen molar-refractivity contribution in [1.29, 1.82) is 0 Å². The fourth-order valence-corrected chi connectivity index (χ4v) is 1.20. The fourth-order valence-electron chi connectivity index (χ4n) is 1.20. The highest BCUT2D eigenvalue weighted by atomic mass is 16.5. The third kappa shape index (κ3) is 1.52. The smallest absolute Gasteiger partial charge is 0.344 e. The Morgan fingerprint density at radius 2 is 2.00 bits per heavy atom. The summed E-state index contributed by atoms with van der Waals surface area (Å²) in [5.74, 6) is -0.173. The number of hydrogen-bond donors (Lipinski definition) is 2. The van der Waals surface area contributed by atoms with Crippen molar-refractivity contribution in [1.82, 2.24) is 9.97 Å². The number of hydrogen-bond acceptors (Lipinski definition) is 5. The van der Waals surface area contributed by atoms with E-state index in [1.54, 1.807) is 24.4 Å². The van der Waals surface area contributed by atoms with E-state index in [2.05, 4.69) is 9.97 Å². The molecule has 0 aliphatic rings. The highest BCUT2D eigenvalue weighted by Crippen LogP contribution is 2.19. The summed E-state index contributed by atoms with van der Waals surface area (Å²) in [6.45, 7) is 0. The molecule has 0 aliphatic heterocycles. The molecule has 0 bridgehead atoms. The summed E-state index contributed by atoms with van der Waals surface area (Å²) in [7, 11) is 0. The van der Waals surface area contributed by atoms with Gasteiger partial charge >= 0.3 is 5.95 Å². The summed E-state index contributed by atoms with van der Waals surface area (Å²) in [6, 6.07) is 5.31. The number of pyridine rings is 1. The first-order chi connectivity index (χ1) is 7.20. The van der Waals surface area contributed by atoms with Crippen LogP contribution in [0.2, 0.25) is 0 Å². The maximum Gasteiger partial charge on any atom is 0.344 e. The van der Waals surface area contributed by atoms with Crippen LogP contribution in [-0.4, -0.2) is 9.97 Å². The minimum atomic E-state index is -0.174. The lowest BCUT2D eigenvalue weighted by molar-refractivity contribution is -0.576. The number of rotatable bonds is 1. The van der Waals surface area contributed by atoms with Crippen molar-refractivity contribution in [3.8, 4) is 11.3 Å². The van der Waals surface area contributed by atoms with E-state index >= 15 is 0 Å². The van der Waals surface area contributed by atoms with Crippen LogP contribution in [0.1, 0.15) is 0 Å². The minimum absolute atomic E-state index is 0.00111. The Morgan fingerprint density at radius 3 is 2.67 bits per heavy atom. The predicted molar refractivity (Wildman–Crippen MR) is 55.3 cm³/mol. The molecule has 0 spiro atoms. The fraction of sp³-hybridized carbons (Fsp3) is 0. The van der Waals surface area contributed by atoms with E-state index in [0.29, 0.717) is 16.0 Å². The van der Waals surface area contributed by atoms with E-state index in [0.717, 1.165) is 0 Å². The molecule has 4 N–H and O–H groups in total. The molecule has 0 saturated carbocycles. The zero-order chi connectivity index (χ0) is 10.8. The largest absolute Gasteiger partial charge is 0.754 e. The normalized spacial score (nSPS) is 10.1. The molecule has 2 aromatic rings. The Kier molecular flexibility index (Phi) is 2.09. The van der Waals surface area contributed by atoms with E-state index in [4.69, 9.17) is 11.5 Å². The topological polar surface area (TPSA) is 105 Å². The average Bonchev–Trinajstić information content (AvgIpc) is 2.27. The molecular weight excluding hydrogens is 194 g/mol. The van der Waals surface area contributed by atoms with Gasteiger partial charge in [0.05, 0.1) is 11.3 Å². The quantitative estimate of drug-likeness (QED) is 0.499. The number of nitrogens with two attached hydrogens (primary N) is 2. The summed E-state index contributed by atoms with van der Waals surface area (Å²) < 4.78 is 0.379. The van der Waals surface area contributed by atoms with Crippen LogP contribution in [0.15, 0.2) is 30.6 Å². The standard InChI is InChI=1S/C9H9N5O/c10-8-6(5-13-9(11)14(8)15)7-3-1-2-4-12-7/h1-5H,10H2,(H2,11,13). The van der Waals surface area contributed by atoms with Crippen LogP contribution in [0.4, 0.5) is 11.8 Å². The van der Waals surface area contributed by atoms with Crippen LogP contribution < -0.4 is 16.2 Å². The molecule has 2 rings (SSSR count). The predicted octanol–water partition coefficient (Wildman–Crippen LogP) is -0.0586. The van der Waals surface area contributed by atoms with Gasteiger partial charge < -0.3 is 16.7 Å². The minimum Gasteiger partial charge on any atom is -0.754 e. The van der Waals surface area contributed by atoms with Gasteiger partial charge in [0.2, 0.25) is 5.82 Å². The van der Waals surface area contributed by atoms with Crippen molar-refractivity contribution < 1.29 is 4.73 Å². The maximum atomic E-state index is 11.3. The first kappa shape index (κ1) is 9.20. The van der Waals surface area contributed by atoms with Crippen molar-refractivity contribution in [2.24, 2.45) is 0 Å².